The van der Waals surface area contributed by atoms with Crippen LogP contribution in [-0.2, 0) is 0 Å². The van der Waals surface area contributed by atoms with Gasteiger partial charge >= 0.3 is 0 Å². The monoisotopic (exact) mass is 251 g/mol. The van der Waals surface area contributed by atoms with E-state index in [1.807, 2.05) is 4.90 Å². The molecule has 2 heterocycles. The summed E-state index contributed by atoms with van der Waals surface area (Å²) in [6.45, 7) is 5.65. The van der Waals surface area contributed by atoms with Crippen molar-refractivity contribution in [2.45, 2.75) is 0 Å². The average Bonchev–Trinajstić information content (AvgIpc) is 2.90. The van der Waals surface area contributed by atoms with Crippen molar-refractivity contribution in [1.82, 2.24) is 24.9 Å². The molecular formula is C12H21N5O. The lowest BCUT2D eigenvalue weighted by atomic mass is 10.2. The van der Waals surface area contributed by atoms with Gasteiger partial charge in [-0.05, 0) is 14.1 Å². The van der Waals surface area contributed by atoms with Crippen LogP contribution in [0.3, 0.4) is 0 Å². The summed E-state index contributed by atoms with van der Waals surface area (Å²) in [5.74, 6) is 0.0796. The highest BCUT2D eigenvalue weighted by Gasteiger charge is 2.22. The van der Waals surface area contributed by atoms with Crippen LogP contribution in [0.4, 0.5) is 0 Å². The summed E-state index contributed by atoms with van der Waals surface area (Å²) in [6, 6.07) is 0. The Morgan fingerprint density at radius 1 is 1.39 bits per heavy atom. The smallest absolute Gasteiger partial charge is 0.257 e. The van der Waals surface area contributed by atoms with E-state index in [0.717, 1.165) is 39.3 Å². The molecule has 0 aromatic carbocycles. The van der Waals surface area contributed by atoms with Gasteiger partial charge in [-0.25, -0.2) is 0 Å². The Bertz CT molecular complexity index is 368. The van der Waals surface area contributed by atoms with Gasteiger partial charge in [-0.3, -0.25) is 14.8 Å². The van der Waals surface area contributed by atoms with Crippen LogP contribution >= 0.6 is 0 Å². The van der Waals surface area contributed by atoms with Gasteiger partial charge in [0, 0.05) is 45.5 Å². The third-order valence-corrected chi connectivity index (χ3v) is 3.27. The number of amides is 1. The maximum atomic E-state index is 12.1. The Balaban J connectivity index is 1.78. The van der Waals surface area contributed by atoms with Gasteiger partial charge in [-0.2, -0.15) is 5.10 Å². The van der Waals surface area contributed by atoms with Crippen LogP contribution in [0.5, 0.6) is 0 Å². The van der Waals surface area contributed by atoms with Crippen molar-refractivity contribution in [3.63, 3.8) is 0 Å². The molecule has 0 aliphatic carbocycles. The fourth-order valence-electron chi connectivity index (χ4n) is 2.07. The fraction of sp³-hybridized carbons (Fsp3) is 0.667. The number of piperazine rings is 1. The molecular weight excluding hydrogens is 230 g/mol. The SMILES string of the molecule is CN(C)CCN1CCN(C(=O)c2cn[nH]c2)CC1. The van der Waals surface area contributed by atoms with E-state index in [1.165, 1.54) is 0 Å². The topological polar surface area (TPSA) is 55.5 Å². The Morgan fingerprint density at radius 3 is 2.67 bits per heavy atom. The summed E-state index contributed by atoms with van der Waals surface area (Å²) >= 11 is 0. The van der Waals surface area contributed by atoms with E-state index in [0.29, 0.717) is 5.56 Å². The Labute approximate surface area is 108 Å². The summed E-state index contributed by atoms with van der Waals surface area (Å²) < 4.78 is 0. The number of carbonyl (C=O) groups is 1. The molecule has 1 saturated heterocycles. The lowest BCUT2D eigenvalue weighted by Crippen LogP contribution is -2.49. The number of rotatable bonds is 4. The van der Waals surface area contributed by atoms with Gasteiger partial charge in [0.2, 0.25) is 0 Å². The maximum Gasteiger partial charge on any atom is 0.257 e. The van der Waals surface area contributed by atoms with Crippen molar-refractivity contribution in [3.05, 3.63) is 18.0 Å². The normalized spacial score (nSPS) is 17.4. The Hall–Kier alpha value is -1.40. The van der Waals surface area contributed by atoms with Crippen molar-refractivity contribution >= 4 is 5.91 Å². The first-order chi connectivity index (χ1) is 8.66. The van der Waals surface area contributed by atoms with Gasteiger partial charge in [0.15, 0.2) is 0 Å². The largest absolute Gasteiger partial charge is 0.336 e. The zero-order valence-corrected chi connectivity index (χ0v) is 11.1. The second kappa shape index (κ2) is 5.97. The molecule has 1 N–H and O–H groups in total. The molecule has 1 aliphatic heterocycles. The van der Waals surface area contributed by atoms with Crippen molar-refractivity contribution in [3.8, 4) is 0 Å². The van der Waals surface area contributed by atoms with E-state index in [4.69, 9.17) is 0 Å². The fourth-order valence-corrected chi connectivity index (χ4v) is 2.07. The second-order valence-electron chi connectivity index (χ2n) is 4.92. The molecule has 1 aromatic heterocycles. The van der Waals surface area contributed by atoms with Crippen LogP contribution in [0.2, 0.25) is 0 Å². The second-order valence-corrected chi connectivity index (χ2v) is 4.92. The summed E-state index contributed by atoms with van der Waals surface area (Å²) in [5, 5.41) is 6.49. The van der Waals surface area contributed by atoms with Gasteiger partial charge in [0.25, 0.3) is 5.91 Å². The van der Waals surface area contributed by atoms with Crippen molar-refractivity contribution in [2.75, 3.05) is 53.4 Å². The van der Waals surface area contributed by atoms with Crippen LogP contribution < -0.4 is 0 Å². The summed E-state index contributed by atoms with van der Waals surface area (Å²) in [4.78, 5) is 18.6. The van der Waals surface area contributed by atoms with Crippen LogP contribution in [0, 0.1) is 0 Å². The van der Waals surface area contributed by atoms with Gasteiger partial charge in [-0.15, -0.1) is 0 Å². The Morgan fingerprint density at radius 2 is 2.11 bits per heavy atom. The van der Waals surface area contributed by atoms with Gasteiger partial charge in [0.05, 0.1) is 11.8 Å². The van der Waals surface area contributed by atoms with E-state index < -0.39 is 0 Å². The predicted molar refractivity (Wildman–Crippen MR) is 69.5 cm³/mol. The molecule has 100 valence electrons. The van der Waals surface area contributed by atoms with Gasteiger partial charge in [0.1, 0.15) is 0 Å². The van der Waals surface area contributed by atoms with Gasteiger partial charge < -0.3 is 9.80 Å². The lowest BCUT2D eigenvalue weighted by molar-refractivity contribution is 0.0630. The standard InChI is InChI=1S/C12H21N5O/c1-15(2)3-4-16-5-7-17(8-6-16)12(18)11-9-13-14-10-11/h9-10H,3-8H2,1-2H3,(H,13,14). The third-order valence-electron chi connectivity index (χ3n) is 3.27. The Kier molecular flexibility index (Phi) is 4.33. The molecule has 1 aromatic rings. The molecule has 1 aliphatic rings. The molecule has 0 radical (unpaired) electrons. The number of aromatic nitrogens is 2. The van der Waals surface area contributed by atoms with Crippen molar-refractivity contribution < 1.29 is 4.79 Å². The molecule has 2 rings (SSSR count). The van der Waals surface area contributed by atoms with E-state index in [-0.39, 0.29) is 5.91 Å². The first-order valence-corrected chi connectivity index (χ1v) is 6.32. The highest BCUT2D eigenvalue weighted by molar-refractivity contribution is 5.93. The number of H-pyrrole nitrogens is 1. The molecule has 18 heavy (non-hydrogen) atoms. The summed E-state index contributed by atoms with van der Waals surface area (Å²) in [5.41, 5.74) is 0.650. The minimum atomic E-state index is 0.0796. The summed E-state index contributed by atoms with van der Waals surface area (Å²) in [7, 11) is 4.16. The van der Waals surface area contributed by atoms with E-state index in [9.17, 15) is 4.79 Å². The molecule has 1 amide bonds. The summed E-state index contributed by atoms with van der Waals surface area (Å²) in [6.07, 6.45) is 3.24. The minimum absolute atomic E-state index is 0.0796. The van der Waals surface area contributed by atoms with Crippen LogP contribution in [0.1, 0.15) is 10.4 Å². The highest BCUT2D eigenvalue weighted by atomic mass is 16.2. The zero-order valence-electron chi connectivity index (χ0n) is 11.1. The molecule has 1 fully saturated rings. The molecule has 0 bridgehead atoms. The van der Waals surface area contributed by atoms with Crippen LogP contribution in [0.25, 0.3) is 0 Å². The number of nitrogens with one attached hydrogen (secondary N) is 1. The zero-order chi connectivity index (χ0) is 13.0. The first kappa shape index (κ1) is 13.0. The van der Waals surface area contributed by atoms with Crippen LogP contribution in [-0.4, -0.2) is 84.2 Å². The first-order valence-electron chi connectivity index (χ1n) is 6.32. The van der Waals surface area contributed by atoms with Gasteiger partial charge in [-0.1, -0.05) is 0 Å². The maximum absolute atomic E-state index is 12.1. The molecule has 0 unspecified atom stereocenters. The number of hydrogen-bond donors (Lipinski definition) is 1. The van der Waals surface area contributed by atoms with E-state index in [1.54, 1.807) is 12.4 Å². The molecule has 6 heteroatoms. The third kappa shape index (κ3) is 3.30. The number of nitrogens with zero attached hydrogens (tertiary/aromatic N) is 4. The lowest BCUT2D eigenvalue weighted by Gasteiger charge is -2.35. The quantitative estimate of drug-likeness (QED) is 0.800. The number of likely N-dealkylation sites (N-methyl/N-ethyl adjacent to an activating group) is 1. The van der Waals surface area contributed by atoms with Crippen molar-refractivity contribution in [1.29, 1.82) is 0 Å². The average molecular weight is 251 g/mol. The predicted octanol–water partition coefficient (Wildman–Crippen LogP) is -0.271. The number of hydrogen-bond acceptors (Lipinski definition) is 4. The number of carbonyl (C=O) groups excluding carboxylic acids is 1. The van der Waals surface area contributed by atoms with Crippen LogP contribution in [0.15, 0.2) is 12.4 Å². The molecule has 0 spiro atoms. The molecule has 6 nitrogen and oxygen atoms in total. The van der Waals surface area contributed by atoms with E-state index in [2.05, 4.69) is 34.1 Å². The number of aromatic amines is 1. The van der Waals surface area contributed by atoms with E-state index >= 15 is 0 Å². The minimum Gasteiger partial charge on any atom is -0.336 e. The molecule has 0 saturated carbocycles. The molecule has 0 atom stereocenters. The highest BCUT2D eigenvalue weighted by Crippen LogP contribution is 2.07. The van der Waals surface area contributed by atoms with Crippen molar-refractivity contribution in [2.24, 2.45) is 0 Å².